The fourth-order valence-electron chi connectivity index (χ4n) is 2.43. The molecule has 0 aromatic heterocycles. The third kappa shape index (κ3) is 5.83. The SMILES string of the molecule is CCCCCCNN(N)C1CCCCCC1. The van der Waals surface area contributed by atoms with Crippen molar-refractivity contribution in [1.82, 2.24) is 10.5 Å². The molecule has 0 aromatic carbocycles. The molecular weight excluding hydrogens is 198 g/mol. The lowest BCUT2D eigenvalue weighted by Gasteiger charge is -2.26. The molecule has 0 amide bonds. The van der Waals surface area contributed by atoms with Crippen LogP contribution in [-0.2, 0) is 0 Å². The summed E-state index contributed by atoms with van der Waals surface area (Å²) in [5.41, 5.74) is 3.35. The monoisotopic (exact) mass is 227 g/mol. The third-order valence-corrected chi connectivity index (χ3v) is 3.54. The Morgan fingerprint density at radius 1 is 1.06 bits per heavy atom. The first-order chi connectivity index (χ1) is 7.84. The van der Waals surface area contributed by atoms with Crippen molar-refractivity contribution in [3.63, 3.8) is 0 Å². The molecule has 3 N–H and O–H groups in total. The normalized spacial score (nSPS) is 18.9. The highest BCUT2D eigenvalue weighted by Crippen LogP contribution is 2.19. The minimum absolute atomic E-state index is 0.564. The van der Waals surface area contributed by atoms with Gasteiger partial charge in [0.25, 0.3) is 0 Å². The van der Waals surface area contributed by atoms with E-state index in [-0.39, 0.29) is 0 Å². The van der Waals surface area contributed by atoms with Crippen molar-refractivity contribution in [2.24, 2.45) is 5.84 Å². The molecule has 3 nitrogen and oxygen atoms in total. The Bertz CT molecular complexity index is 153. The number of unbranched alkanes of at least 4 members (excludes halogenated alkanes) is 3. The van der Waals surface area contributed by atoms with E-state index in [4.69, 9.17) is 5.84 Å². The summed E-state index contributed by atoms with van der Waals surface area (Å²) in [6, 6.07) is 0.564. The van der Waals surface area contributed by atoms with Crippen molar-refractivity contribution in [3.05, 3.63) is 0 Å². The predicted octanol–water partition coefficient (Wildman–Crippen LogP) is 2.97. The Labute approximate surface area is 101 Å². The van der Waals surface area contributed by atoms with Crippen LogP contribution in [0, 0.1) is 0 Å². The average Bonchev–Trinajstić information content (AvgIpc) is 2.57. The van der Waals surface area contributed by atoms with Crippen LogP contribution in [0.2, 0.25) is 0 Å². The summed E-state index contributed by atoms with van der Waals surface area (Å²) in [6.07, 6.45) is 13.2. The molecule has 1 rings (SSSR count). The summed E-state index contributed by atoms with van der Waals surface area (Å²) >= 11 is 0. The number of hydrogen-bond acceptors (Lipinski definition) is 3. The first-order valence-corrected chi connectivity index (χ1v) is 7.12. The minimum Gasteiger partial charge on any atom is -0.255 e. The molecule has 16 heavy (non-hydrogen) atoms. The summed E-state index contributed by atoms with van der Waals surface area (Å²) < 4.78 is 0. The van der Waals surface area contributed by atoms with Crippen molar-refractivity contribution < 1.29 is 0 Å². The van der Waals surface area contributed by atoms with Crippen LogP contribution in [0.5, 0.6) is 0 Å². The Balaban J connectivity index is 2.05. The summed E-state index contributed by atoms with van der Waals surface area (Å²) in [5, 5.41) is 1.89. The Morgan fingerprint density at radius 3 is 2.38 bits per heavy atom. The molecule has 0 spiro atoms. The molecule has 3 heteroatoms. The zero-order chi connectivity index (χ0) is 11.6. The molecule has 0 heterocycles. The van der Waals surface area contributed by atoms with E-state index in [1.165, 1.54) is 64.2 Å². The standard InChI is InChI=1S/C13H29N3/c1-2-3-4-9-12-15-16(14)13-10-7-5-6-8-11-13/h13,15H,2-12,14H2,1H3. The van der Waals surface area contributed by atoms with Crippen molar-refractivity contribution in [2.45, 2.75) is 77.2 Å². The van der Waals surface area contributed by atoms with E-state index in [0.29, 0.717) is 6.04 Å². The van der Waals surface area contributed by atoms with Crippen molar-refractivity contribution in [3.8, 4) is 0 Å². The van der Waals surface area contributed by atoms with Crippen LogP contribution in [0.25, 0.3) is 0 Å². The number of nitrogens with one attached hydrogen (secondary N) is 1. The van der Waals surface area contributed by atoms with Gasteiger partial charge in [-0.05, 0) is 19.3 Å². The molecule has 1 aliphatic rings. The highest BCUT2D eigenvalue weighted by molar-refractivity contribution is 4.69. The van der Waals surface area contributed by atoms with Gasteiger partial charge >= 0.3 is 0 Å². The summed E-state index contributed by atoms with van der Waals surface area (Å²) in [6.45, 7) is 3.28. The average molecular weight is 227 g/mol. The lowest BCUT2D eigenvalue weighted by atomic mass is 10.1. The van der Waals surface area contributed by atoms with Crippen LogP contribution in [0.4, 0.5) is 0 Å². The fourth-order valence-corrected chi connectivity index (χ4v) is 2.43. The molecule has 0 radical (unpaired) electrons. The van der Waals surface area contributed by atoms with E-state index in [1.807, 2.05) is 5.12 Å². The summed E-state index contributed by atoms with van der Waals surface area (Å²) in [7, 11) is 0. The van der Waals surface area contributed by atoms with Crippen LogP contribution in [-0.4, -0.2) is 17.7 Å². The van der Waals surface area contributed by atoms with Crippen LogP contribution in [0.3, 0.4) is 0 Å². The first-order valence-electron chi connectivity index (χ1n) is 7.12. The molecule has 0 unspecified atom stereocenters. The second-order valence-corrected chi connectivity index (χ2v) is 5.02. The topological polar surface area (TPSA) is 41.3 Å². The van der Waals surface area contributed by atoms with Gasteiger partial charge in [-0.2, -0.15) is 5.12 Å². The van der Waals surface area contributed by atoms with E-state index in [9.17, 15) is 0 Å². The molecule has 0 aliphatic heterocycles. The molecular formula is C13H29N3. The maximum Gasteiger partial charge on any atom is 0.0397 e. The van der Waals surface area contributed by atoms with Gasteiger partial charge in [-0.25, -0.2) is 5.43 Å². The molecule has 0 bridgehead atoms. The summed E-state index contributed by atoms with van der Waals surface area (Å²) in [4.78, 5) is 0. The molecule has 96 valence electrons. The second kappa shape index (κ2) is 8.97. The van der Waals surface area contributed by atoms with Crippen molar-refractivity contribution in [1.29, 1.82) is 0 Å². The van der Waals surface area contributed by atoms with Crippen LogP contribution < -0.4 is 11.3 Å². The lowest BCUT2D eigenvalue weighted by Crippen LogP contribution is -2.50. The van der Waals surface area contributed by atoms with Crippen molar-refractivity contribution in [2.75, 3.05) is 6.54 Å². The quantitative estimate of drug-likeness (QED) is 0.304. The lowest BCUT2D eigenvalue weighted by molar-refractivity contribution is 0.111. The zero-order valence-electron chi connectivity index (χ0n) is 10.9. The highest BCUT2D eigenvalue weighted by Gasteiger charge is 2.16. The Kier molecular flexibility index (Phi) is 7.81. The van der Waals surface area contributed by atoms with Crippen molar-refractivity contribution >= 4 is 0 Å². The first kappa shape index (κ1) is 13.9. The van der Waals surface area contributed by atoms with E-state index in [1.54, 1.807) is 0 Å². The Morgan fingerprint density at radius 2 is 1.75 bits per heavy atom. The molecule has 0 saturated heterocycles. The molecule has 1 aliphatic carbocycles. The van der Waals surface area contributed by atoms with Gasteiger partial charge in [0.05, 0.1) is 0 Å². The molecule has 0 atom stereocenters. The third-order valence-electron chi connectivity index (χ3n) is 3.54. The van der Waals surface area contributed by atoms with Gasteiger partial charge in [0, 0.05) is 12.6 Å². The van der Waals surface area contributed by atoms with Gasteiger partial charge in [0.2, 0.25) is 0 Å². The maximum atomic E-state index is 6.05. The Hall–Kier alpha value is -0.120. The molecule has 0 aromatic rings. The second-order valence-electron chi connectivity index (χ2n) is 5.02. The fraction of sp³-hybridized carbons (Fsp3) is 1.00. The van der Waals surface area contributed by atoms with E-state index < -0.39 is 0 Å². The molecule has 1 saturated carbocycles. The largest absolute Gasteiger partial charge is 0.255 e. The van der Waals surface area contributed by atoms with Crippen LogP contribution in [0.1, 0.15) is 71.1 Å². The van der Waals surface area contributed by atoms with E-state index >= 15 is 0 Å². The van der Waals surface area contributed by atoms with E-state index in [2.05, 4.69) is 12.3 Å². The number of nitrogens with two attached hydrogens (primary N) is 1. The zero-order valence-corrected chi connectivity index (χ0v) is 10.9. The van der Waals surface area contributed by atoms with Gasteiger partial charge in [0.15, 0.2) is 0 Å². The van der Waals surface area contributed by atoms with E-state index in [0.717, 1.165) is 6.54 Å². The van der Waals surface area contributed by atoms with Gasteiger partial charge in [-0.15, -0.1) is 0 Å². The van der Waals surface area contributed by atoms with Gasteiger partial charge in [-0.3, -0.25) is 5.84 Å². The number of hydrogen-bond donors (Lipinski definition) is 2. The minimum atomic E-state index is 0.564. The smallest absolute Gasteiger partial charge is 0.0397 e. The highest BCUT2D eigenvalue weighted by atomic mass is 15.7. The maximum absolute atomic E-state index is 6.05. The van der Waals surface area contributed by atoms with Gasteiger partial charge in [-0.1, -0.05) is 51.9 Å². The van der Waals surface area contributed by atoms with Gasteiger partial charge in [0.1, 0.15) is 0 Å². The number of hydrazine groups is 2. The van der Waals surface area contributed by atoms with Gasteiger partial charge < -0.3 is 0 Å². The number of rotatable bonds is 7. The predicted molar refractivity (Wildman–Crippen MR) is 69.7 cm³/mol. The number of nitrogens with zero attached hydrogens (tertiary/aromatic N) is 1. The van der Waals surface area contributed by atoms with Crippen LogP contribution >= 0.6 is 0 Å². The van der Waals surface area contributed by atoms with Crippen LogP contribution in [0.15, 0.2) is 0 Å². The summed E-state index contributed by atoms with van der Waals surface area (Å²) in [5.74, 6) is 6.05. The molecule has 1 fully saturated rings.